The molecule has 1 heterocycles. The number of carbonyl (C=O) groups excluding carboxylic acids is 2. The maximum absolute atomic E-state index is 12.9. The van der Waals surface area contributed by atoms with Crippen molar-refractivity contribution < 1.29 is 29.0 Å². The van der Waals surface area contributed by atoms with E-state index >= 15 is 0 Å². The maximum Gasteiger partial charge on any atom is 0.341 e. The standard InChI is InChI=1S/C23H27NO6S/c1-3-29-15-11-9-14(10-12-15)18-13-31-21(19(18)23(28)30-4-2)24-20(25)16-7-5-6-8-17(16)22(26)27/h9-13,16-17H,3-8H2,1-2H3,(H,24,25)(H,26,27)/t16-,17+/m1/s1. The molecule has 1 aliphatic rings. The van der Waals surface area contributed by atoms with Crippen molar-refractivity contribution in [2.45, 2.75) is 39.5 Å². The van der Waals surface area contributed by atoms with Gasteiger partial charge in [0.25, 0.3) is 0 Å². The maximum atomic E-state index is 12.9. The lowest BCUT2D eigenvalue weighted by Crippen LogP contribution is -2.36. The molecule has 1 aromatic heterocycles. The Morgan fingerprint density at radius 2 is 1.74 bits per heavy atom. The Morgan fingerprint density at radius 3 is 2.35 bits per heavy atom. The van der Waals surface area contributed by atoms with E-state index in [0.29, 0.717) is 30.0 Å². The Morgan fingerprint density at radius 1 is 1.06 bits per heavy atom. The van der Waals surface area contributed by atoms with E-state index in [-0.39, 0.29) is 18.1 Å². The van der Waals surface area contributed by atoms with Crippen LogP contribution in [0.15, 0.2) is 29.6 Å². The average molecular weight is 446 g/mol. The number of carbonyl (C=O) groups is 3. The van der Waals surface area contributed by atoms with Crippen LogP contribution in [-0.2, 0) is 14.3 Å². The summed E-state index contributed by atoms with van der Waals surface area (Å²) in [6, 6.07) is 7.35. The Bertz CT molecular complexity index is 936. The van der Waals surface area contributed by atoms with E-state index in [0.717, 1.165) is 24.2 Å². The Balaban J connectivity index is 1.90. The number of ether oxygens (including phenoxy) is 2. The molecule has 2 N–H and O–H groups in total. The van der Waals surface area contributed by atoms with Gasteiger partial charge in [-0.05, 0) is 44.4 Å². The number of aliphatic carboxylic acids is 1. The molecule has 1 aromatic carbocycles. The van der Waals surface area contributed by atoms with Crippen molar-refractivity contribution in [1.82, 2.24) is 0 Å². The van der Waals surface area contributed by atoms with Crippen LogP contribution in [0.4, 0.5) is 5.00 Å². The number of anilines is 1. The van der Waals surface area contributed by atoms with E-state index in [1.165, 1.54) is 11.3 Å². The Kier molecular flexibility index (Phi) is 7.68. The van der Waals surface area contributed by atoms with Crippen molar-refractivity contribution in [3.8, 4) is 16.9 Å². The molecule has 8 heteroatoms. The summed E-state index contributed by atoms with van der Waals surface area (Å²) in [5.41, 5.74) is 1.73. The van der Waals surface area contributed by atoms with Crippen molar-refractivity contribution in [1.29, 1.82) is 0 Å². The fourth-order valence-electron chi connectivity index (χ4n) is 3.91. The molecule has 1 fully saturated rings. The van der Waals surface area contributed by atoms with Gasteiger partial charge in [-0.2, -0.15) is 0 Å². The summed E-state index contributed by atoms with van der Waals surface area (Å²) in [5.74, 6) is -2.43. The largest absolute Gasteiger partial charge is 0.494 e. The SMILES string of the molecule is CCOC(=O)c1c(-c2ccc(OCC)cc2)csc1NC(=O)[C@@H]1CCCC[C@@H]1C(=O)O. The van der Waals surface area contributed by atoms with Crippen molar-refractivity contribution in [2.24, 2.45) is 11.8 Å². The molecule has 2 atom stereocenters. The van der Waals surface area contributed by atoms with Crippen LogP contribution >= 0.6 is 11.3 Å². The number of nitrogens with one attached hydrogen (secondary N) is 1. The normalized spacial score (nSPS) is 18.3. The first-order valence-electron chi connectivity index (χ1n) is 10.5. The molecule has 7 nitrogen and oxygen atoms in total. The van der Waals surface area contributed by atoms with Crippen molar-refractivity contribution in [2.75, 3.05) is 18.5 Å². The van der Waals surface area contributed by atoms with Gasteiger partial charge < -0.3 is 19.9 Å². The van der Waals surface area contributed by atoms with Crippen LogP contribution in [0.2, 0.25) is 0 Å². The van der Waals surface area contributed by atoms with Crippen LogP contribution in [0.5, 0.6) is 5.75 Å². The minimum Gasteiger partial charge on any atom is -0.494 e. The summed E-state index contributed by atoms with van der Waals surface area (Å²) in [4.78, 5) is 37.3. The van der Waals surface area contributed by atoms with Gasteiger partial charge in [0.15, 0.2) is 0 Å². The molecule has 1 saturated carbocycles. The van der Waals surface area contributed by atoms with Gasteiger partial charge >= 0.3 is 11.9 Å². The first kappa shape index (κ1) is 22.8. The number of carboxylic acids is 1. The number of amides is 1. The van der Waals surface area contributed by atoms with Crippen LogP contribution in [0.25, 0.3) is 11.1 Å². The van der Waals surface area contributed by atoms with Gasteiger partial charge in [0, 0.05) is 10.9 Å². The third-order valence-electron chi connectivity index (χ3n) is 5.40. The molecule has 1 amide bonds. The van der Waals surface area contributed by atoms with E-state index in [4.69, 9.17) is 9.47 Å². The van der Waals surface area contributed by atoms with Crippen molar-refractivity contribution in [3.05, 3.63) is 35.2 Å². The smallest absolute Gasteiger partial charge is 0.341 e. The van der Waals surface area contributed by atoms with Crippen LogP contribution in [0.3, 0.4) is 0 Å². The number of benzene rings is 1. The van der Waals surface area contributed by atoms with E-state index in [1.807, 2.05) is 31.2 Å². The average Bonchev–Trinajstić information content (AvgIpc) is 3.18. The van der Waals surface area contributed by atoms with Gasteiger partial charge in [0.2, 0.25) is 5.91 Å². The molecule has 166 valence electrons. The number of esters is 1. The fraction of sp³-hybridized carbons (Fsp3) is 0.435. The molecule has 0 unspecified atom stereocenters. The second kappa shape index (κ2) is 10.4. The lowest BCUT2D eigenvalue weighted by molar-refractivity contribution is -0.147. The predicted octanol–water partition coefficient (Wildman–Crippen LogP) is 4.82. The number of carboxylic acid groups (broad SMARTS) is 1. The zero-order chi connectivity index (χ0) is 22.4. The van der Waals surface area contributed by atoms with E-state index < -0.39 is 23.8 Å². The van der Waals surface area contributed by atoms with Crippen molar-refractivity contribution in [3.63, 3.8) is 0 Å². The highest BCUT2D eigenvalue weighted by molar-refractivity contribution is 7.15. The monoisotopic (exact) mass is 445 g/mol. The molecule has 0 radical (unpaired) electrons. The molecule has 0 spiro atoms. The minimum absolute atomic E-state index is 0.203. The number of rotatable bonds is 8. The van der Waals surface area contributed by atoms with Crippen molar-refractivity contribution >= 4 is 34.2 Å². The summed E-state index contributed by atoms with van der Waals surface area (Å²) in [6.07, 6.45) is 2.62. The van der Waals surface area contributed by atoms with Gasteiger partial charge in [-0.3, -0.25) is 9.59 Å². The highest BCUT2D eigenvalue weighted by Gasteiger charge is 2.36. The fourth-order valence-corrected chi connectivity index (χ4v) is 4.87. The third kappa shape index (κ3) is 5.25. The topological polar surface area (TPSA) is 102 Å². The molecule has 3 rings (SSSR count). The minimum atomic E-state index is -0.952. The summed E-state index contributed by atoms with van der Waals surface area (Å²) >= 11 is 1.23. The number of thiophene rings is 1. The number of hydrogen-bond acceptors (Lipinski definition) is 6. The van der Waals surface area contributed by atoms with Gasteiger partial charge in [0.1, 0.15) is 16.3 Å². The highest BCUT2D eigenvalue weighted by Crippen LogP contribution is 2.38. The zero-order valence-electron chi connectivity index (χ0n) is 17.7. The van der Waals surface area contributed by atoms with Crippen LogP contribution < -0.4 is 10.1 Å². The van der Waals surface area contributed by atoms with Crippen LogP contribution in [0.1, 0.15) is 49.9 Å². The summed E-state index contributed by atoms with van der Waals surface area (Å²) in [6.45, 7) is 4.38. The van der Waals surface area contributed by atoms with E-state index in [9.17, 15) is 19.5 Å². The van der Waals surface area contributed by atoms with Gasteiger partial charge in [-0.25, -0.2) is 4.79 Å². The lowest BCUT2D eigenvalue weighted by Gasteiger charge is -2.27. The molecule has 0 saturated heterocycles. The van der Waals surface area contributed by atoms with Gasteiger partial charge in [0.05, 0.1) is 25.0 Å². The second-order valence-corrected chi connectivity index (χ2v) is 8.24. The molecule has 31 heavy (non-hydrogen) atoms. The molecule has 1 aliphatic carbocycles. The second-order valence-electron chi connectivity index (χ2n) is 7.36. The first-order valence-corrected chi connectivity index (χ1v) is 11.4. The third-order valence-corrected chi connectivity index (χ3v) is 6.30. The predicted molar refractivity (Wildman–Crippen MR) is 119 cm³/mol. The molecule has 0 bridgehead atoms. The van der Waals surface area contributed by atoms with E-state index in [2.05, 4.69) is 5.32 Å². The summed E-state index contributed by atoms with van der Waals surface area (Å²) in [5, 5.41) is 14.5. The Hall–Kier alpha value is -2.87. The molecule has 2 aromatic rings. The lowest BCUT2D eigenvalue weighted by atomic mass is 9.79. The molecule has 0 aliphatic heterocycles. The molecular weight excluding hydrogens is 418 g/mol. The van der Waals surface area contributed by atoms with Gasteiger partial charge in [-0.1, -0.05) is 25.0 Å². The van der Waals surface area contributed by atoms with Crippen LogP contribution in [-0.4, -0.2) is 36.2 Å². The van der Waals surface area contributed by atoms with Crippen LogP contribution in [0, 0.1) is 11.8 Å². The first-order chi connectivity index (χ1) is 15.0. The summed E-state index contributed by atoms with van der Waals surface area (Å²) < 4.78 is 10.7. The molecular formula is C23H27NO6S. The van der Waals surface area contributed by atoms with E-state index in [1.54, 1.807) is 12.3 Å². The Labute approximate surface area is 185 Å². The zero-order valence-corrected chi connectivity index (χ0v) is 18.5. The quantitative estimate of drug-likeness (QED) is 0.565. The highest BCUT2D eigenvalue weighted by atomic mass is 32.1. The van der Waals surface area contributed by atoms with Gasteiger partial charge in [-0.15, -0.1) is 11.3 Å². The summed E-state index contributed by atoms with van der Waals surface area (Å²) in [7, 11) is 0. The number of hydrogen-bond donors (Lipinski definition) is 2.